The van der Waals surface area contributed by atoms with Crippen molar-refractivity contribution in [3.05, 3.63) is 33.8 Å². The summed E-state index contributed by atoms with van der Waals surface area (Å²) < 4.78 is 0. The lowest BCUT2D eigenvalue weighted by molar-refractivity contribution is 0.119. The molecule has 0 spiro atoms. The van der Waals surface area contributed by atoms with Gasteiger partial charge in [0.15, 0.2) is 0 Å². The normalized spacial score (nSPS) is 26.2. The van der Waals surface area contributed by atoms with E-state index in [1.807, 2.05) is 12.1 Å². The molecule has 1 aliphatic rings. The van der Waals surface area contributed by atoms with E-state index in [4.69, 9.17) is 23.2 Å². The standard InChI is InChI=1S/C12H15Cl2NO/c1-2-15-7-6-10(16)12(15)8-4-3-5-9(13)11(8)14/h3-5,10,12,16H,2,6-7H2,1H3. The average molecular weight is 260 g/mol. The predicted octanol–water partition coefficient (Wildman–Crippen LogP) is 3.12. The molecule has 0 aromatic heterocycles. The lowest BCUT2D eigenvalue weighted by Gasteiger charge is -2.26. The number of benzene rings is 1. The highest BCUT2D eigenvalue weighted by molar-refractivity contribution is 6.42. The summed E-state index contributed by atoms with van der Waals surface area (Å²) in [5, 5.41) is 11.1. The van der Waals surface area contributed by atoms with Crippen LogP contribution in [0.25, 0.3) is 0 Å². The van der Waals surface area contributed by atoms with Gasteiger partial charge in [-0.05, 0) is 24.6 Å². The quantitative estimate of drug-likeness (QED) is 0.883. The summed E-state index contributed by atoms with van der Waals surface area (Å²) in [6, 6.07) is 5.57. The minimum Gasteiger partial charge on any atom is -0.391 e. The van der Waals surface area contributed by atoms with Crippen molar-refractivity contribution in [3.63, 3.8) is 0 Å². The van der Waals surface area contributed by atoms with Gasteiger partial charge in [-0.1, -0.05) is 42.3 Å². The first-order chi connectivity index (χ1) is 7.65. The number of halogens is 2. The number of likely N-dealkylation sites (tertiary alicyclic amines) is 1. The lowest BCUT2D eigenvalue weighted by atomic mass is 10.0. The molecule has 1 heterocycles. The molecule has 0 saturated carbocycles. The zero-order chi connectivity index (χ0) is 11.7. The highest BCUT2D eigenvalue weighted by Crippen LogP contribution is 2.38. The number of rotatable bonds is 2. The van der Waals surface area contributed by atoms with Crippen LogP contribution in [-0.2, 0) is 0 Å². The van der Waals surface area contributed by atoms with E-state index in [0.717, 1.165) is 25.1 Å². The van der Waals surface area contributed by atoms with Crippen molar-refractivity contribution in [2.45, 2.75) is 25.5 Å². The van der Waals surface area contributed by atoms with Gasteiger partial charge in [0.25, 0.3) is 0 Å². The van der Waals surface area contributed by atoms with Gasteiger partial charge in [-0.2, -0.15) is 0 Å². The van der Waals surface area contributed by atoms with Gasteiger partial charge in [0, 0.05) is 6.54 Å². The van der Waals surface area contributed by atoms with Crippen molar-refractivity contribution >= 4 is 23.2 Å². The van der Waals surface area contributed by atoms with E-state index < -0.39 is 0 Å². The minimum absolute atomic E-state index is 0.0174. The van der Waals surface area contributed by atoms with Gasteiger partial charge in [0.2, 0.25) is 0 Å². The first kappa shape index (κ1) is 12.2. The maximum atomic E-state index is 10.0. The van der Waals surface area contributed by atoms with Crippen LogP contribution in [0.3, 0.4) is 0 Å². The van der Waals surface area contributed by atoms with E-state index in [1.54, 1.807) is 6.07 Å². The largest absolute Gasteiger partial charge is 0.391 e. The molecule has 2 atom stereocenters. The molecule has 16 heavy (non-hydrogen) atoms. The van der Waals surface area contributed by atoms with Crippen LogP contribution in [-0.4, -0.2) is 29.2 Å². The van der Waals surface area contributed by atoms with Crippen LogP contribution < -0.4 is 0 Å². The van der Waals surface area contributed by atoms with E-state index in [-0.39, 0.29) is 12.1 Å². The zero-order valence-electron chi connectivity index (χ0n) is 9.16. The molecule has 0 radical (unpaired) electrons. The summed E-state index contributed by atoms with van der Waals surface area (Å²) in [6.07, 6.45) is 0.442. The van der Waals surface area contributed by atoms with Crippen LogP contribution in [0.4, 0.5) is 0 Å². The third-order valence-corrected chi connectivity index (χ3v) is 4.01. The molecule has 1 saturated heterocycles. The number of nitrogens with zero attached hydrogens (tertiary/aromatic N) is 1. The summed E-state index contributed by atoms with van der Waals surface area (Å²) in [5.41, 5.74) is 0.931. The summed E-state index contributed by atoms with van der Waals surface area (Å²) in [5.74, 6) is 0. The van der Waals surface area contributed by atoms with Crippen LogP contribution in [0.15, 0.2) is 18.2 Å². The molecular weight excluding hydrogens is 245 g/mol. The van der Waals surface area contributed by atoms with Crippen LogP contribution in [0.2, 0.25) is 10.0 Å². The number of likely N-dealkylation sites (N-methyl/N-ethyl adjacent to an activating group) is 1. The fourth-order valence-corrected chi connectivity index (χ4v) is 2.77. The fourth-order valence-electron chi connectivity index (χ4n) is 2.35. The van der Waals surface area contributed by atoms with E-state index in [2.05, 4.69) is 11.8 Å². The van der Waals surface area contributed by atoms with Gasteiger partial charge in [0.1, 0.15) is 0 Å². The molecule has 2 nitrogen and oxygen atoms in total. The first-order valence-corrected chi connectivity index (χ1v) is 6.26. The van der Waals surface area contributed by atoms with Crippen molar-refractivity contribution < 1.29 is 5.11 Å². The van der Waals surface area contributed by atoms with Crippen LogP contribution in [0, 0.1) is 0 Å². The SMILES string of the molecule is CCN1CCC(O)C1c1cccc(Cl)c1Cl. The molecule has 1 N–H and O–H groups in total. The average Bonchev–Trinajstić information content (AvgIpc) is 2.64. The van der Waals surface area contributed by atoms with E-state index >= 15 is 0 Å². The molecule has 0 amide bonds. The van der Waals surface area contributed by atoms with Gasteiger partial charge in [0.05, 0.1) is 22.2 Å². The number of aliphatic hydroxyl groups excluding tert-OH is 1. The molecule has 88 valence electrons. The van der Waals surface area contributed by atoms with Crippen LogP contribution >= 0.6 is 23.2 Å². The van der Waals surface area contributed by atoms with Gasteiger partial charge in [-0.3, -0.25) is 4.90 Å². The highest BCUT2D eigenvalue weighted by atomic mass is 35.5. The molecule has 1 aromatic rings. The molecule has 2 rings (SSSR count). The minimum atomic E-state index is -0.351. The second kappa shape index (κ2) is 4.92. The van der Waals surface area contributed by atoms with Crippen molar-refractivity contribution in [2.24, 2.45) is 0 Å². The fraction of sp³-hybridized carbons (Fsp3) is 0.500. The Labute approximate surface area is 106 Å². The Morgan fingerprint density at radius 2 is 2.19 bits per heavy atom. The van der Waals surface area contributed by atoms with Gasteiger partial charge >= 0.3 is 0 Å². The molecular formula is C12H15Cl2NO. The van der Waals surface area contributed by atoms with E-state index in [0.29, 0.717) is 10.0 Å². The lowest BCUT2D eigenvalue weighted by Crippen LogP contribution is -2.27. The number of hydrogen-bond acceptors (Lipinski definition) is 2. The van der Waals surface area contributed by atoms with Crippen molar-refractivity contribution in [3.8, 4) is 0 Å². The number of hydrogen-bond donors (Lipinski definition) is 1. The maximum Gasteiger partial charge on any atom is 0.0749 e. The second-order valence-corrected chi connectivity index (χ2v) is 4.86. The molecule has 1 fully saturated rings. The third kappa shape index (κ3) is 2.07. The highest BCUT2D eigenvalue weighted by Gasteiger charge is 2.34. The number of aliphatic hydroxyl groups is 1. The zero-order valence-corrected chi connectivity index (χ0v) is 10.7. The molecule has 2 unspecified atom stereocenters. The smallest absolute Gasteiger partial charge is 0.0749 e. The Morgan fingerprint density at radius 3 is 2.88 bits per heavy atom. The van der Waals surface area contributed by atoms with Crippen LogP contribution in [0.1, 0.15) is 24.9 Å². The molecule has 0 bridgehead atoms. The van der Waals surface area contributed by atoms with Gasteiger partial charge < -0.3 is 5.11 Å². The maximum absolute atomic E-state index is 10.0. The molecule has 1 aromatic carbocycles. The Kier molecular flexibility index (Phi) is 3.75. The Hall–Kier alpha value is -0.280. The third-order valence-electron chi connectivity index (χ3n) is 3.18. The summed E-state index contributed by atoms with van der Waals surface area (Å²) in [7, 11) is 0. The van der Waals surface area contributed by atoms with E-state index in [9.17, 15) is 5.11 Å². The van der Waals surface area contributed by atoms with Gasteiger partial charge in [-0.25, -0.2) is 0 Å². The topological polar surface area (TPSA) is 23.5 Å². The Balaban J connectivity index is 2.38. The monoisotopic (exact) mass is 259 g/mol. The molecule has 0 aliphatic carbocycles. The Bertz CT molecular complexity index is 383. The molecule has 1 aliphatic heterocycles. The Morgan fingerprint density at radius 1 is 1.44 bits per heavy atom. The van der Waals surface area contributed by atoms with Crippen molar-refractivity contribution in [1.82, 2.24) is 4.90 Å². The molecule has 4 heteroatoms. The van der Waals surface area contributed by atoms with Crippen LogP contribution in [0.5, 0.6) is 0 Å². The summed E-state index contributed by atoms with van der Waals surface area (Å²) in [6.45, 7) is 3.90. The van der Waals surface area contributed by atoms with Crippen molar-refractivity contribution in [2.75, 3.05) is 13.1 Å². The van der Waals surface area contributed by atoms with E-state index in [1.165, 1.54) is 0 Å². The first-order valence-electron chi connectivity index (χ1n) is 5.51. The summed E-state index contributed by atoms with van der Waals surface area (Å²) >= 11 is 12.2. The summed E-state index contributed by atoms with van der Waals surface area (Å²) in [4.78, 5) is 2.22. The van der Waals surface area contributed by atoms with Gasteiger partial charge in [-0.15, -0.1) is 0 Å². The van der Waals surface area contributed by atoms with Crippen molar-refractivity contribution in [1.29, 1.82) is 0 Å². The predicted molar refractivity (Wildman–Crippen MR) is 67.1 cm³/mol. The second-order valence-electron chi connectivity index (χ2n) is 4.07.